The van der Waals surface area contributed by atoms with Gasteiger partial charge in [-0.3, -0.25) is 0 Å². The predicted molar refractivity (Wildman–Crippen MR) is 63.0 cm³/mol. The monoisotopic (exact) mass is 215 g/mol. The van der Waals surface area contributed by atoms with Gasteiger partial charge in [-0.1, -0.05) is 12.1 Å². The van der Waals surface area contributed by atoms with Gasteiger partial charge in [0, 0.05) is 25.3 Å². The first kappa shape index (κ1) is 9.70. The van der Waals surface area contributed by atoms with Crippen molar-refractivity contribution in [2.24, 2.45) is 4.99 Å². The lowest BCUT2D eigenvalue weighted by Gasteiger charge is -2.27. The Morgan fingerprint density at radius 3 is 2.81 bits per heavy atom. The number of hydrogen-bond donors (Lipinski definition) is 0. The van der Waals surface area contributed by atoms with Gasteiger partial charge in [0.2, 0.25) is 0 Å². The molecular formula is C13H15N2O-. The summed E-state index contributed by atoms with van der Waals surface area (Å²) in [5, 5.41) is 11.7. The molecule has 16 heavy (non-hydrogen) atoms. The molecule has 3 rings (SSSR count). The molecule has 0 aromatic heterocycles. The minimum Gasteiger partial charge on any atom is -0.858 e. The van der Waals surface area contributed by atoms with Crippen LogP contribution < -0.4 is 10.0 Å². The van der Waals surface area contributed by atoms with Crippen molar-refractivity contribution < 1.29 is 5.11 Å². The van der Waals surface area contributed by atoms with Gasteiger partial charge in [-0.2, -0.15) is 0 Å². The van der Waals surface area contributed by atoms with E-state index in [4.69, 9.17) is 0 Å². The van der Waals surface area contributed by atoms with Gasteiger partial charge in [-0.05, 0) is 42.4 Å². The van der Waals surface area contributed by atoms with Gasteiger partial charge in [0.1, 0.15) is 0 Å². The van der Waals surface area contributed by atoms with Crippen LogP contribution in [0.4, 0.5) is 5.69 Å². The summed E-state index contributed by atoms with van der Waals surface area (Å²) < 4.78 is 0. The van der Waals surface area contributed by atoms with Gasteiger partial charge < -0.3 is 15.0 Å². The topological polar surface area (TPSA) is 38.7 Å². The smallest absolute Gasteiger partial charge is 0.0423 e. The summed E-state index contributed by atoms with van der Waals surface area (Å²) in [5.74, 6) is -0.0395. The van der Waals surface area contributed by atoms with Crippen molar-refractivity contribution >= 4 is 11.6 Å². The molecule has 3 heteroatoms. The molecular weight excluding hydrogens is 200 g/mol. The molecule has 0 unspecified atom stereocenters. The van der Waals surface area contributed by atoms with Gasteiger partial charge in [-0.15, -0.1) is 0 Å². The third kappa shape index (κ3) is 1.47. The lowest BCUT2D eigenvalue weighted by Crippen LogP contribution is -2.27. The molecule has 1 aromatic rings. The second kappa shape index (κ2) is 3.81. The van der Waals surface area contributed by atoms with Crippen LogP contribution in [0.5, 0.6) is 0 Å². The molecule has 0 saturated carbocycles. The van der Waals surface area contributed by atoms with E-state index < -0.39 is 0 Å². The van der Waals surface area contributed by atoms with E-state index in [1.807, 2.05) is 12.1 Å². The number of aliphatic imine (C=N–C) groups is 1. The number of nitrogens with zero attached hydrogens (tertiary/aromatic N) is 2. The molecule has 0 atom stereocenters. The number of fused-ring (bicyclic) bond motifs is 1. The van der Waals surface area contributed by atoms with Gasteiger partial charge in [-0.25, -0.2) is 0 Å². The normalized spacial score (nSPS) is 19.5. The Labute approximate surface area is 95.4 Å². The molecule has 1 aromatic carbocycles. The lowest BCUT2D eigenvalue weighted by molar-refractivity contribution is -0.213. The van der Waals surface area contributed by atoms with E-state index in [1.54, 1.807) is 0 Å². The van der Waals surface area contributed by atoms with Crippen LogP contribution in [0.2, 0.25) is 0 Å². The molecule has 3 nitrogen and oxygen atoms in total. The van der Waals surface area contributed by atoms with Gasteiger partial charge in [0.25, 0.3) is 0 Å². The Balaban J connectivity index is 2.06. The first-order valence-corrected chi connectivity index (χ1v) is 5.95. The minimum absolute atomic E-state index is 0.0395. The molecule has 2 aliphatic heterocycles. The number of rotatable bonds is 1. The maximum Gasteiger partial charge on any atom is 0.0423 e. The van der Waals surface area contributed by atoms with Crippen molar-refractivity contribution in [2.45, 2.75) is 19.3 Å². The van der Waals surface area contributed by atoms with Crippen LogP contribution in [0, 0.1) is 0 Å². The molecule has 0 aliphatic carbocycles. The summed E-state index contributed by atoms with van der Waals surface area (Å²) in [6.45, 7) is 2.90. The van der Waals surface area contributed by atoms with Gasteiger partial charge in [0.05, 0.1) is 0 Å². The van der Waals surface area contributed by atoms with Crippen LogP contribution in [-0.4, -0.2) is 25.5 Å². The summed E-state index contributed by atoms with van der Waals surface area (Å²) >= 11 is 0. The summed E-state index contributed by atoms with van der Waals surface area (Å²) in [7, 11) is 0. The fourth-order valence-corrected chi connectivity index (χ4v) is 2.65. The first-order chi connectivity index (χ1) is 7.86. The molecule has 1 saturated heterocycles. The lowest BCUT2D eigenvalue weighted by atomic mass is 9.99. The molecule has 84 valence electrons. The van der Waals surface area contributed by atoms with E-state index in [1.165, 1.54) is 24.1 Å². The molecule has 0 N–H and O–H groups in total. The number of anilines is 1. The molecule has 0 radical (unpaired) electrons. The van der Waals surface area contributed by atoms with E-state index in [0.717, 1.165) is 25.1 Å². The fraction of sp³-hybridized carbons (Fsp3) is 0.462. The summed E-state index contributed by atoms with van der Waals surface area (Å²) in [5.41, 5.74) is 3.29. The molecule has 2 aliphatic rings. The Bertz CT molecular complexity index is 434. The molecule has 0 amide bonds. The second-order valence-corrected chi connectivity index (χ2v) is 4.43. The Kier molecular flexibility index (Phi) is 2.31. The van der Waals surface area contributed by atoms with E-state index in [9.17, 15) is 5.11 Å². The average Bonchev–Trinajstić information content (AvgIpc) is 2.82. The van der Waals surface area contributed by atoms with Crippen molar-refractivity contribution in [3.63, 3.8) is 0 Å². The minimum atomic E-state index is -0.0395. The zero-order valence-corrected chi connectivity index (χ0v) is 9.28. The fourth-order valence-electron chi connectivity index (χ4n) is 2.65. The zero-order chi connectivity index (χ0) is 11.0. The van der Waals surface area contributed by atoms with Gasteiger partial charge >= 0.3 is 0 Å². The van der Waals surface area contributed by atoms with E-state index in [2.05, 4.69) is 16.0 Å². The van der Waals surface area contributed by atoms with Crippen LogP contribution in [0.1, 0.15) is 24.0 Å². The van der Waals surface area contributed by atoms with Crippen LogP contribution in [0.3, 0.4) is 0 Å². The maximum atomic E-state index is 11.7. The van der Waals surface area contributed by atoms with Crippen LogP contribution in [0.15, 0.2) is 23.2 Å². The molecule has 1 fully saturated rings. The van der Waals surface area contributed by atoms with Crippen molar-refractivity contribution in [3.8, 4) is 0 Å². The van der Waals surface area contributed by atoms with E-state index >= 15 is 0 Å². The maximum absolute atomic E-state index is 11.7. The largest absolute Gasteiger partial charge is 0.858 e. The zero-order valence-electron chi connectivity index (χ0n) is 9.28. The van der Waals surface area contributed by atoms with Crippen LogP contribution >= 0.6 is 0 Å². The second-order valence-electron chi connectivity index (χ2n) is 4.43. The summed E-state index contributed by atoms with van der Waals surface area (Å²) in [6.07, 6.45) is 3.44. The van der Waals surface area contributed by atoms with Crippen molar-refractivity contribution in [2.75, 3.05) is 24.5 Å². The average molecular weight is 215 g/mol. The third-order valence-corrected chi connectivity index (χ3v) is 3.45. The molecule has 0 spiro atoms. The summed E-state index contributed by atoms with van der Waals surface area (Å²) in [6, 6.07) is 6.02. The van der Waals surface area contributed by atoms with E-state index in [-0.39, 0.29) is 5.90 Å². The van der Waals surface area contributed by atoms with Crippen LogP contribution in [0.25, 0.3) is 0 Å². The Morgan fingerprint density at radius 1 is 1.19 bits per heavy atom. The van der Waals surface area contributed by atoms with E-state index in [0.29, 0.717) is 6.54 Å². The Morgan fingerprint density at radius 2 is 2.00 bits per heavy atom. The molecule has 2 heterocycles. The van der Waals surface area contributed by atoms with Crippen molar-refractivity contribution in [1.82, 2.24) is 0 Å². The predicted octanol–water partition coefficient (Wildman–Crippen LogP) is 0.950. The Hall–Kier alpha value is -1.51. The standard InChI is InChI=1S/C13H16N2O/c16-13-11-4-3-5-12(10(11)6-7-14-13)15-8-1-2-9-15/h3-5H,1-2,6-9H2,(H,14,16)/p-1. The highest BCUT2D eigenvalue weighted by Crippen LogP contribution is 2.29. The quantitative estimate of drug-likeness (QED) is 0.699. The summed E-state index contributed by atoms with van der Waals surface area (Å²) in [4.78, 5) is 6.38. The van der Waals surface area contributed by atoms with Crippen molar-refractivity contribution in [3.05, 3.63) is 29.3 Å². The number of hydrogen-bond acceptors (Lipinski definition) is 3. The molecule has 0 bridgehead atoms. The first-order valence-electron chi connectivity index (χ1n) is 5.95. The highest BCUT2D eigenvalue weighted by molar-refractivity contribution is 5.95. The van der Waals surface area contributed by atoms with Crippen LogP contribution in [-0.2, 0) is 6.42 Å². The third-order valence-electron chi connectivity index (χ3n) is 3.45. The SMILES string of the molecule is [O-]C1=NCCc2c1cccc2N1CCCC1. The van der Waals surface area contributed by atoms with Gasteiger partial charge in [0.15, 0.2) is 0 Å². The number of benzene rings is 1. The van der Waals surface area contributed by atoms with Crippen molar-refractivity contribution in [1.29, 1.82) is 0 Å². The highest BCUT2D eigenvalue weighted by atomic mass is 16.3. The highest BCUT2D eigenvalue weighted by Gasteiger charge is 2.18.